The number of nitriles is 1. The minimum Gasteiger partial charge on any atom is -0.212 e. The first-order valence-corrected chi connectivity index (χ1v) is 8.38. The Morgan fingerprint density at radius 1 is 1.17 bits per heavy atom. The van der Waals surface area contributed by atoms with E-state index in [-0.39, 0.29) is 10.7 Å². The lowest BCUT2D eigenvalue weighted by molar-refractivity contribution is 0.229. The topological polar surface area (TPSA) is 61.2 Å². The Kier molecular flexibility index (Phi) is 3.98. The highest BCUT2D eigenvalue weighted by molar-refractivity contribution is 7.89. The van der Waals surface area contributed by atoms with E-state index in [1.54, 1.807) is 4.31 Å². The predicted molar refractivity (Wildman–Crippen MR) is 70.3 cm³/mol. The van der Waals surface area contributed by atoms with Gasteiger partial charge in [0.25, 0.3) is 0 Å². The van der Waals surface area contributed by atoms with Crippen LogP contribution in [-0.2, 0) is 10.0 Å². The molecular formula is C13H22N2O2S. The number of rotatable bonds is 2. The van der Waals surface area contributed by atoms with Gasteiger partial charge in [-0.2, -0.15) is 5.26 Å². The van der Waals surface area contributed by atoms with Gasteiger partial charge in [0.2, 0.25) is 10.0 Å². The Hall–Kier alpha value is -0.600. The minimum absolute atomic E-state index is 0.169. The summed E-state index contributed by atoms with van der Waals surface area (Å²) in [5, 5.41) is 8.90. The molecule has 2 fully saturated rings. The fourth-order valence-corrected chi connectivity index (χ4v) is 4.96. The SMILES string of the molecule is CC1(C#N)CCN(S(=O)(=O)C2CCCCC2)CC1. The normalized spacial score (nSPS) is 26.7. The van der Waals surface area contributed by atoms with E-state index in [1.165, 1.54) is 6.42 Å². The molecule has 0 amide bonds. The van der Waals surface area contributed by atoms with Gasteiger partial charge in [-0.3, -0.25) is 0 Å². The van der Waals surface area contributed by atoms with Crippen LogP contribution in [0.5, 0.6) is 0 Å². The van der Waals surface area contributed by atoms with E-state index >= 15 is 0 Å². The molecule has 102 valence electrons. The summed E-state index contributed by atoms with van der Waals surface area (Å²) >= 11 is 0. The first-order chi connectivity index (χ1) is 8.48. The number of hydrogen-bond acceptors (Lipinski definition) is 3. The molecule has 18 heavy (non-hydrogen) atoms. The Labute approximate surface area is 110 Å². The standard InChI is InChI=1S/C13H22N2O2S/c1-13(11-14)7-9-15(10-8-13)18(16,17)12-5-3-2-4-6-12/h12H,2-10H2,1H3. The molecule has 0 radical (unpaired) electrons. The summed E-state index contributed by atoms with van der Waals surface area (Å²) in [5.74, 6) is 0. The predicted octanol–water partition coefficient (Wildman–Crippen LogP) is 2.27. The van der Waals surface area contributed by atoms with Crippen molar-refractivity contribution in [2.45, 2.75) is 57.1 Å². The maximum absolute atomic E-state index is 12.5. The van der Waals surface area contributed by atoms with Crippen molar-refractivity contribution in [1.82, 2.24) is 4.31 Å². The van der Waals surface area contributed by atoms with Crippen molar-refractivity contribution in [3.63, 3.8) is 0 Å². The first kappa shape index (κ1) is 13.8. The average molecular weight is 270 g/mol. The van der Waals surface area contributed by atoms with Crippen LogP contribution in [0.1, 0.15) is 51.9 Å². The zero-order chi connectivity index (χ0) is 13.2. The second-order valence-electron chi connectivity index (χ2n) is 5.88. The molecule has 0 atom stereocenters. The van der Waals surface area contributed by atoms with E-state index in [4.69, 9.17) is 5.26 Å². The quantitative estimate of drug-likeness (QED) is 0.773. The highest BCUT2D eigenvalue weighted by atomic mass is 32.2. The fraction of sp³-hybridized carbons (Fsp3) is 0.923. The number of nitrogens with zero attached hydrogens (tertiary/aromatic N) is 2. The van der Waals surface area contributed by atoms with Crippen LogP contribution >= 0.6 is 0 Å². The third-order valence-corrected chi connectivity index (χ3v) is 6.83. The highest BCUT2D eigenvalue weighted by Gasteiger charge is 2.38. The number of hydrogen-bond donors (Lipinski definition) is 0. The minimum atomic E-state index is -3.12. The monoisotopic (exact) mass is 270 g/mol. The maximum Gasteiger partial charge on any atom is 0.216 e. The number of sulfonamides is 1. The van der Waals surface area contributed by atoms with Crippen molar-refractivity contribution >= 4 is 10.0 Å². The summed E-state index contributed by atoms with van der Waals surface area (Å²) in [6.45, 7) is 2.96. The van der Waals surface area contributed by atoms with E-state index in [0.29, 0.717) is 25.9 Å². The fourth-order valence-electron chi connectivity index (χ4n) is 2.92. The second-order valence-corrected chi connectivity index (χ2v) is 8.09. The summed E-state index contributed by atoms with van der Waals surface area (Å²) < 4.78 is 26.6. The van der Waals surface area contributed by atoms with Crippen LogP contribution in [0.3, 0.4) is 0 Å². The molecule has 0 aromatic rings. The van der Waals surface area contributed by atoms with Gasteiger partial charge in [0.05, 0.1) is 16.7 Å². The zero-order valence-corrected chi connectivity index (χ0v) is 11.9. The molecule has 0 bridgehead atoms. The molecule has 0 unspecified atom stereocenters. The summed E-state index contributed by atoms with van der Waals surface area (Å²) in [5.41, 5.74) is -0.335. The van der Waals surface area contributed by atoms with Crippen LogP contribution in [0.15, 0.2) is 0 Å². The van der Waals surface area contributed by atoms with E-state index in [2.05, 4.69) is 6.07 Å². The molecule has 5 heteroatoms. The maximum atomic E-state index is 12.5. The summed E-state index contributed by atoms with van der Waals surface area (Å²) in [4.78, 5) is 0. The zero-order valence-electron chi connectivity index (χ0n) is 11.1. The Balaban J connectivity index is 2.02. The molecule has 0 aromatic carbocycles. The molecule has 1 heterocycles. The largest absolute Gasteiger partial charge is 0.216 e. The average Bonchev–Trinajstić information content (AvgIpc) is 2.40. The molecule has 2 rings (SSSR count). The van der Waals surface area contributed by atoms with Gasteiger partial charge in [-0.25, -0.2) is 12.7 Å². The van der Waals surface area contributed by atoms with Crippen LogP contribution in [0.2, 0.25) is 0 Å². The van der Waals surface area contributed by atoms with E-state index in [9.17, 15) is 8.42 Å². The second kappa shape index (κ2) is 5.18. The smallest absolute Gasteiger partial charge is 0.212 e. The van der Waals surface area contributed by atoms with Gasteiger partial charge in [-0.1, -0.05) is 19.3 Å². The van der Waals surface area contributed by atoms with Crippen LogP contribution in [0.4, 0.5) is 0 Å². The lowest BCUT2D eigenvalue weighted by Gasteiger charge is -2.36. The van der Waals surface area contributed by atoms with Gasteiger partial charge in [0, 0.05) is 13.1 Å². The molecule has 1 saturated carbocycles. The molecule has 0 aromatic heterocycles. The van der Waals surface area contributed by atoms with Crippen molar-refractivity contribution in [2.75, 3.05) is 13.1 Å². The molecule has 0 spiro atoms. The lowest BCUT2D eigenvalue weighted by Crippen LogP contribution is -2.46. The van der Waals surface area contributed by atoms with Gasteiger partial charge in [0.1, 0.15) is 0 Å². The third kappa shape index (κ3) is 2.70. The summed E-state index contributed by atoms with van der Waals surface area (Å²) in [6, 6.07) is 2.31. The van der Waals surface area contributed by atoms with E-state index < -0.39 is 10.0 Å². The van der Waals surface area contributed by atoms with Crippen molar-refractivity contribution in [3.05, 3.63) is 0 Å². The molecule has 1 aliphatic carbocycles. The number of piperidine rings is 1. The van der Waals surface area contributed by atoms with Crippen LogP contribution in [0.25, 0.3) is 0 Å². The summed E-state index contributed by atoms with van der Waals surface area (Å²) in [7, 11) is -3.12. The van der Waals surface area contributed by atoms with Gasteiger partial charge in [-0.15, -0.1) is 0 Å². The van der Waals surface area contributed by atoms with Crippen molar-refractivity contribution in [3.8, 4) is 6.07 Å². The van der Waals surface area contributed by atoms with Crippen molar-refractivity contribution in [2.24, 2.45) is 5.41 Å². The van der Waals surface area contributed by atoms with Gasteiger partial charge >= 0.3 is 0 Å². The molecule has 0 N–H and O–H groups in total. The van der Waals surface area contributed by atoms with Crippen LogP contribution in [-0.4, -0.2) is 31.1 Å². The van der Waals surface area contributed by atoms with Crippen LogP contribution in [0, 0.1) is 16.7 Å². The van der Waals surface area contributed by atoms with Crippen molar-refractivity contribution in [1.29, 1.82) is 5.26 Å². The van der Waals surface area contributed by atoms with Gasteiger partial charge in [0.15, 0.2) is 0 Å². The van der Waals surface area contributed by atoms with Crippen molar-refractivity contribution < 1.29 is 8.42 Å². The molecule has 1 aliphatic heterocycles. The van der Waals surface area contributed by atoms with Gasteiger partial charge in [-0.05, 0) is 32.6 Å². The Bertz CT molecular complexity index is 424. The summed E-state index contributed by atoms with van der Waals surface area (Å²) in [6.07, 6.45) is 6.19. The molecular weight excluding hydrogens is 248 g/mol. The van der Waals surface area contributed by atoms with Crippen LogP contribution < -0.4 is 0 Å². The van der Waals surface area contributed by atoms with Gasteiger partial charge < -0.3 is 0 Å². The molecule has 2 aliphatic rings. The third-order valence-electron chi connectivity index (χ3n) is 4.43. The molecule has 1 saturated heterocycles. The Morgan fingerprint density at radius 2 is 1.72 bits per heavy atom. The molecule has 4 nitrogen and oxygen atoms in total. The lowest BCUT2D eigenvalue weighted by atomic mass is 9.83. The Morgan fingerprint density at radius 3 is 2.22 bits per heavy atom. The highest BCUT2D eigenvalue weighted by Crippen LogP contribution is 2.33. The first-order valence-electron chi connectivity index (χ1n) is 6.88. The van der Waals surface area contributed by atoms with E-state index in [0.717, 1.165) is 25.7 Å². The van der Waals surface area contributed by atoms with E-state index in [1.807, 2.05) is 6.92 Å².